The summed E-state index contributed by atoms with van der Waals surface area (Å²) in [6.45, 7) is 2.35. The van der Waals surface area contributed by atoms with Gasteiger partial charge in [-0.25, -0.2) is 9.37 Å². The third-order valence-corrected chi connectivity index (χ3v) is 6.79. The van der Waals surface area contributed by atoms with Gasteiger partial charge in [0.25, 0.3) is 0 Å². The third-order valence-electron chi connectivity index (χ3n) is 6.79. The lowest BCUT2D eigenvalue weighted by Gasteiger charge is -2.40. The van der Waals surface area contributed by atoms with E-state index >= 15 is 0 Å². The number of nitrogens with zero attached hydrogens (tertiary/aromatic N) is 4. The molecule has 2 N–H and O–H groups in total. The van der Waals surface area contributed by atoms with Gasteiger partial charge in [-0.3, -0.25) is 9.58 Å². The molecule has 3 aliphatic rings. The van der Waals surface area contributed by atoms with Gasteiger partial charge in [0.1, 0.15) is 6.17 Å². The number of ether oxygens (including phenoxy) is 1. The molecule has 3 fully saturated rings. The summed E-state index contributed by atoms with van der Waals surface area (Å²) in [7, 11) is 0. The molecule has 2 saturated carbocycles. The van der Waals surface area contributed by atoms with Crippen molar-refractivity contribution in [3.63, 3.8) is 0 Å². The molecule has 2 aromatic heterocycles. The zero-order valence-electron chi connectivity index (χ0n) is 17.0. The van der Waals surface area contributed by atoms with E-state index < -0.39 is 12.8 Å². The van der Waals surface area contributed by atoms with Crippen LogP contribution in [0.5, 0.6) is 5.75 Å². The van der Waals surface area contributed by atoms with Crippen LogP contribution in [-0.4, -0.2) is 51.6 Å². The third kappa shape index (κ3) is 3.33. The largest absolute Gasteiger partial charge is 0.431 e. The molecule has 2 aromatic rings. The van der Waals surface area contributed by atoms with Gasteiger partial charge in [0.15, 0.2) is 11.6 Å². The summed E-state index contributed by atoms with van der Waals surface area (Å²) in [6, 6.07) is 4.19. The van der Waals surface area contributed by atoms with E-state index in [0.29, 0.717) is 48.1 Å². The van der Waals surface area contributed by atoms with E-state index in [0.717, 1.165) is 12.8 Å². The van der Waals surface area contributed by atoms with Crippen LogP contribution in [0.3, 0.4) is 0 Å². The van der Waals surface area contributed by atoms with Gasteiger partial charge in [0, 0.05) is 48.5 Å². The second-order valence-electron chi connectivity index (χ2n) is 9.01. The van der Waals surface area contributed by atoms with Gasteiger partial charge in [-0.15, -0.1) is 0 Å². The summed E-state index contributed by atoms with van der Waals surface area (Å²) in [6.07, 6.45) is 3.09. The van der Waals surface area contributed by atoms with E-state index in [1.165, 1.54) is 18.0 Å². The Labute approximate surface area is 173 Å². The summed E-state index contributed by atoms with van der Waals surface area (Å²) < 4.78 is 45.0. The highest BCUT2D eigenvalue weighted by Gasteiger charge is 2.59. The van der Waals surface area contributed by atoms with Gasteiger partial charge in [-0.05, 0) is 50.7 Å². The molecule has 1 saturated heterocycles. The normalized spacial score (nSPS) is 28.8. The Morgan fingerprint density at radius 1 is 1.17 bits per heavy atom. The molecule has 6 nitrogen and oxygen atoms in total. The number of nitrogens with two attached hydrogens (primary N) is 1. The topological polar surface area (TPSA) is 69.2 Å². The van der Waals surface area contributed by atoms with E-state index in [2.05, 4.69) is 28.5 Å². The maximum Gasteiger partial charge on any atom is 0.387 e. The number of hydrogen-bond donors (Lipinski definition) is 1. The van der Waals surface area contributed by atoms with Crippen molar-refractivity contribution in [1.29, 1.82) is 0 Å². The molecule has 2 aliphatic carbocycles. The Balaban J connectivity index is 1.37. The van der Waals surface area contributed by atoms with Crippen molar-refractivity contribution in [1.82, 2.24) is 19.7 Å². The first-order chi connectivity index (χ1) is 14.3. The first-order valence-corrected chi connectivity index (χ1v) is 10.5. The molecule has 2 unspecified atom stereocenters. The molecular formula is C21H26F3N5O. The van der Waals surface area contributed by atoms with E-state index in [-0.39, 0.29) is 17.6 Å². The van der Waals surface area contributed by atoms with Crippen molar-refractivity contribution in [3.8, 4) is 17.0 Å². The Hall–Kier alpha value is -2.29. The maximum absolute atomic E-state index is 13.2. The first kappa shape index (κ1) is 19.7. The fourth-order valence-corrected chi connectivity index (χ4v) is 5.30. The second kappa shape index (κ2) is 7.14. The number of aromatic nitrogens is 3. The van der Waals surface area contributed by atoms with Gasteiger partial charge < -0.3 is 10.5 Å². The summed E-state index contributed by atoms with van der Waals surface area (Å²) >= 11 is 0. The monoisotopic (exact) mass is 421 g/mol. The number of likely N-dealkylation sites (tertiary alicyclic amines) is 1. The lowest BCUT2D eigenvalue weighted by molar-refractivity contribution is -0.0494. The van der Waals surface area contributed by atoms with E-state index in [1.807, 2.05) is 10.7 Å². The first-order valence-electron chi connectivity index (χ1n) is 10.5. The highest BCUT2D eigenvalue weighted by atomic mass is 19.3. The Morgan fingerprint density at radius 2 is 1.87 bits per heavy atom. The minimum absolute atomic E-state index is 0.0770. The number of alkyl halides is 3. The number of halogens is 3. The van der Waals surface area contributed by atoms with Crippen LogP contribution in [0.25, 0.3) is 11.3 Å². The van der Waals surface area contributed by atoms with Crippen LogP contribution in [0.2, 0.25) is 0 Å². The Kier molecular flexibility index (Phi) is 4.68. The number of rotatable bonds is 6. The summed E-state index contributed by atoms with van der Waals surface area (Å²) in [4.78, 5) is 6.26. The average molecular weight is 421 g/mol. The number of pyridine rings is 1. The average Bonchev–Trinajstić information content (AvgIpc) is 3.03. The van der Waals surface area contributed by atoms with Crippen molar-refractivity contribution in [2.24, 2.45) is 11.8 Å². The van der Waals surface area contributed by atoms with Crippen LogP contribution >= 0.6 is 0 Å². The molecule has 0 spiro atoms. The van der Waals surface area contributed by atoms with Crippen LogP contribution in [0.1, 0.15) is 44.3 Å². The molecule has 0 aromatic carbocycles. The predicted molar refractivity (Wildman–Crippen MR) is 106 cm³/mol. The van der Waals surface area contributed by atoms with Gasteiger partial charge in [0.2, 0.25) is 0 Å². The van der Waals surface area contributed by atoms with Crippen molar-refractivity contribution >= 4 is 5.82 Å². The SMILES string of the molecule is CC(C)n1nc(-c2cnc(N)c(OC(F)F)c2)cc1C1[C@H]2CC(N3CC(F)C3)C[C@@H]12. The molecule has 1 aliphatic heterocycles. The molecule has 5 rings (SSSR count). The van der Waals surface area contributed by atoms with E-state index in [9.17, 15) is 13.2 Å². The van der Waals surface area contributed by atoms with Crippen LogP contribution in [-0.2, 0) is 0 Å². The standard InChI is InChI=1S/C21H26F3N5O/c1-10(2)29-17(19-14-4-13(5-15(14)19)28-8-12(22)9-28)6-16(27-29)11-3-18(30-21(23)24)20(25)26-7-11/h3,6-7,10,12-15,19,21H,4-5,8-9H2,1-2H3,(H2,25,26)/t13?,14-,15+,19?. The summed E-state index contributed by atoms with van der Waals surface area (Å²) in [5.41, 5.74) is 8.11. The molecule has 162 valence electrons. The molecule has 0 radical (unpaired) electrons. The molecule has 0 bridgehead atoms. The second-order valence-corrected chi connectivity index (χ2v) is 9.01. The number of anilines is 1. The van der Waals surface area contributed by atoms with Crippen molar-refractivity contribution in [2.75, 3.05) is 18.8 Å². The lowest BCUT2D eigenvalue weighted by atomic mass is 9.99. The zero-order valence-corrected chi connectivity index (χ0v) is 17.0. The van der Waals surface area contributed by atoms with Crippen molar-refractivity contribution in [2.45, 2.75) is 57.5 Å². The van der Waals surface area contributed by atoms with E-state index in [1.54, 1.807) is 0 Å². The fraction of sp³-hybridized carbons (Fsp3) is 0.619. The summed E-state index contributed by atoms with van der Waals surface area (Å²) in [5.74, 6) is 1.45. The zero-order chi connectivity index (χ0) is 21.2. The van der Waals surface area contributed by atoms with Crippen LogP contribution in [0.15, 0.2) is 18.3 Å². The number of nitrogen functional groups attached to an aromatic ring is 1. The molecule has 3 heterocycles. The highest BCUT2D eigenvalue weighted by molar-refractivity contribution is 5.64. The molecular weight excluding hydrogens is 395 g/mol. The molecule has 9 heteroatoms. The predicted octanol–water partition coefficient (Wildman–Crippen LogP) is 3.86. The Bertz CT molecular complexity index is 931. The van der Waals surface area contributed by atoms with Crippen molar-refractivity contribution < 1.29 is 17.9 Å². The molecule has 30 heavy (non-hydrogen) atoms. The summed E-state index contributed by atoms with van der Waals surface area (Å²) in [5, 5.41) is 4.74. The van der Waals surface area contributed by atoms with Gasteiger partial charge >= 0.3 is 6.61 Å². The maximum atomic E-state index is 13.2. The van der Waals surface area contributed by atoms with E-state index in [4.69, 9.17) is 10.8 Å². The highest BCUT2D eigenvalue weighted by Crippen LogP contribution is 2.64. The van der Waals surface area contributed by atoms with Gasteiger partial charge in [-0.1, -0.05) is 0 Å². The smallest absolute Gasteiger partial charge is 0.387 e. The lowest BCUT2D eigenvalue weighted by Crippen LogP contribution is -2.53. The molecule has 0 amide bonds. The fourth-order valence-electron chi connectivity index (χ4n) is 5.30. The number of hydrogen-bond acceptors (Lipinski definition) is 5. The van der Waals surface area contributed by atoms with Crippen molar-refractivity contribution in [3.05, 3.63) is 24.0 Å². The molecule has 4 atom stereocenters. The minimum Gasteiger partial charge on any atom is -0.431 e. The minimum atomic E-state index is -2.97. The van der Waals surface area contributed by atoms with Gasteiger partial charge in [-0.2, -0.15) is 13.9 Å². The van der Waals surface area contributed by atoms with Crippen LogP contribution < -0.4 is 10.5 Å². The number of fused-ring (bicyclic) bond motifs is 1. The Morgan fingerprint density at radius 3 is 2.47 bits per heavy atom. The van der Waals surface area contributed by atoms with Crippen LogP contribution in [0, 0.1) is 11.8 Å². The quantitative estimate of drug-likeness (QED) is 0.767. The van der Waals surface area contributed by atoms with Crippen LogP contribution in [0.4, 0.5) is 19.0 Å². The van der Waals surface area contributed by atoms with Gasteiger partial charge in [0.05, 0.1) is 5.69 Å².